The first-order valence-electron chi connectivity index (χ1n) is 9.39. The van der Waals surface area contributed by atoms with Crippen molar-refractivity contribution >= 4 is 6.03 Å². The number of para-hydroxylation sites is 1. The average Bonchev–Trinajstić information content (AvgIpc) is 3.31. The first-order chi connectivity index (χ1) is 12.2. The highest BCUT2D eigenvalue weighted by atomic mass is 16.5. The number of amides is 2. The van der Waals surface area contributed by atoms with Crippen LogP contribution >= 0.6 is 0 Å². The zero-order valence-corrected chi connectivity index (χ0v) is 15.3. The van der Waals surface area contributed by atoms with E-state index in [1.165, 1.54) is 0 Å². The Labute approximate surface area is 150 Å². The monoisotopic (exact) mass is 343 g/mol. The molecule has 25 heavy (non-hydrogen) atoms. The lowest BCUT2D eigenvalue weighted by Gasteiger charge is -2.26. The third-order valence-electron chi connectivity index (χ3n) is 5.11. The Morgan fingerprint density at radius 1 is 1.28 bits per heavy atom. The number of ether oxygens (including phenoxy) is 1. The van der Waals surface area contributed by atoms with Crippen molar-refractivity contribution in [1.29, 1.82) is 0 Å². The topological polar surface area (TPSA) is 44.8 Å². The third-order valence-corrected chi connectivity index (χ3v) is 5.11. The van der Waals surface area contributed by atoms with Gasteiger partial charge in [0.05, 0.1) is 12.6 Å². The van der Waals surface area contributed by atoms with Gasteiger partial charge < -0.3 is 15.0 Å². The maximum atomic E-state index is 12.8. The molecule has 2 heterocycles. The van der Waals surface area contributed by atoms with Crippen LogP contribution in [0.3, 0.4) is 0 Å². The molecule has 0 aromatic heterocycles. The Kier molecular flexibility index (Phi) is 5.97. The molecule has 5 heteroatoms. The summed E-state index contributed by atoms with van der Waals surface area (Å²) in [5, 5.41) is 3.21. The van der Waals surface area contributed by atoms with Gasteiger partial charge in [-0.1, -0.05) is 37.3 Å². The van der Waals surface area contributed by atoms with Crippen molar-refractivity contribution in [2.24, 2.45) is 0 Å². The maximum Gasteiger partial charge on any atom is 0.317 e. The molecule has 0 radical (unpaired) electrons. The number of nitrogens with zero attached hydrogens (tertiary/aromatic N) is 2. The van der Waals surface area contributed by atoms with Gasteiger partial charge in [0.2, 0.25) is 0 Å². The molecular weight excluding hydrogens is 314 g/mol. The van der Waals surface area contributed by atoms with Gasteiger partial charge in [-0.15, -0.1) is 0 Å². The van der Waals surface area contributed by atoms with Crippen LogP contribution in [0, 0.1) is 0 Å². The number of urea groups is 1. The molecule has 1 aromatic carbocycles. The van der Waals surface area contributed by atoms with E-state index in [9.17, 15) is 4.79 Å². The van der Waals surface area contributed by atoms with E-state index in [-0.39, 0.29) is 12.1 Å². The van der Waals surface area contributed by atoms with Crippen molar-refractivity contribution in [3.05, 3.63) is 42.0 Å². The van der Waals surface area contributed by atoms with Gasteiger partial charge in [-0.05, 0) is 25.8 Å². The molecule has 5 nitrogen and oxygen atoms in total. The van der Waals surface area contributed by atoms with Crippen molar-refractivity contribution in [2.75, 3.05) is 32.8 Å². The third kappa shape index (κ3) is 4.15. The zero-order chi connectivity index (χ0) is 17.6. The zero-order valence-electron chi connectivity index (χ0n) is 15.3. The summed E-state index contributed by atoms with van der Waals surface area (Å²) in [5.41, 5.74) is 1.06. The molecule has 0 spiro atoms. The summed E-state index contributed by atoms with van der Waals surface area (Å²) in [6.07, 6.45) is 6.31. The average molecular weight is 343 g/mol. The quantitative estimate of drug-likeness (QED) is 0.807. The lowest BCUT2D eigenvalue weighted by Crippen LogP contribution is -2.42. The van der Waals surface area contributed by atoms with Crippen molar-refractivity contribution in [3.63, 3.8) is 0 Å². The summed E-state index contributed by atoms with van der Waals surface area (Å²) < 4.78 is 5.73. The van der Waals surface area contributed by atoms with Crippen molar-refractivity contribution in [3.8, 4) is 5.75 Å². The molecule has 1 fully saturated rings. The molecule has 1 aromatic rings. The lowest BCUT2D eigenvalue weighted by molar-refractivity contribution is 0.195. The van der Waals surface area contributed by atoms with Gasteiger partial charge in [0, 0.05) is 37.8 Å². The number of nitrogens with one attached hydrogen (secondary N) is 1. The van der Waals surface area contributed by atoms with E-state index < -0.39 is 0 Å². The number of carbonyl (C=O) groups is 1. The van der Waals surface area contributed by atoms with Crippen LogP contribution in [0.25, 0.3) is 0 Å². The van der Waals surface area contributed by atoms with Gasteiger partial charge >= 0.3 is 6.03 Å². The maximum absolute atomic E-state index is 12.8. The number of likely N-dealkylation sites (tertiary alicyclic amines) is 1. The highest BCUT2D eigenvalue weighted by molar-refractivity contribution is 5.75. The molecule has 0 unspecified atom stereocenters. The summed E-state index contributed by atoms with van der Waals surface area (Å²) in [6, 6.07) is 8.48. The van der Waals surface area contributed by atoms with Gasteiger partial charge in [0.25, 0.3) is 0 Å². The fourth-order valence-corrected chi connectivity index (χ4v) is 3.71. The lowest BCUT2D eigenvalue weighted by atomic mass is 10.0. The van der Waals surface area contributed by atoms with Crippen LogP contribution in [-0.4, -0.2) is 54.7 Å². The normalized spacial score (nSPS) is 21.5. The molecule has 2 amide bonds. The highest BCUT2D eigenvalue weighted by Gasteiger charge is 2.31. The Morgan fingerprint density at radius 3 is 2.76 bits per heavy atom. The minimum absolute atomic E-state index is 0.0252. The molecule has 2 aliphatic rings. The predicted molar refractivity (Wildman–Crippen MR) is 99.9 cm³/mol. The largest absolute Gasteiger partial charge is 0.494 e. The van der Waals surface area contributed by atoms with Crippen LogP contribution < -0.4 is 10.1 Å². The number of hydrogen-bond acceptors (Lipinski definition) is 3. The van der Waals surface area contributed by atoms with E-state index in [0.717, 1.165) is 50.3 Å². The SMILES string of the molecule is CCOc1ccccc1[C@H](CC)NC(=O)N1CC[C@H](N2CC=CC2)C1. The molecule has 1 N–H and O–H groups in total. The van der Waals surface area contributed by atoms with Crippen LogP contribution in [-0.2, 0) is 0 Å². The fraction of sp³-hybridized carbons (Fsp3) is 0.550. The van der Waals surface area contributed by atoms with Gasteiger partial charge in [0.1, 0.15) is 5.75 Å². The Hall–Kier alpha value is -2.01. The second-order valence-corrected chi connectivity index (χ2v) is 6.69. The van der Waals surface area contributed by atoms with Crippen LogP contribution in [0.1, 0.15) is 38.3 Å². The smallest absolute Gasteiger partial charge is 0.317 e. The molecule has 2 aliphatic heterocycles. The molecule has 1 saturated heterocycles. The Morgan fingerprint density at radius 2 is 2.04 bits per heavy atom. The minimum Gasteiger partial charge on any atom is -0.494 e. The van der Waals surface area contributed by atoms with E-state index in [1.807, 2.05) is 36.1 Å². The highest BCUT2D eigenvalue weighted by Crippen LogP contribution is 2.28. The van der Waals surface area contributed by atoms with Crippen molar-refractivity contribution in [1.82, 2.24) is 15.1 Å². The Balaban J connectivity index is 1.61. The molecule has 0 aliphatic carbocycles. The second-order valence-electron chi connectivity index (χ2n) is 6.69. The van der Waals surface area contributed by atoms with Gasteiger partial charge in [-0.25, -0.2) is 4.79 Å². The van der Waals surface area contributed by atoms with Gasteiger partial charge in [-0.2, -0.15) is 0 Å². The Bertz CT molecular complexity index is 609. The van der Waals surface area contributed by atoms with E-state index in [0.29, 0.717) is 12.6 Å². The van der Waals surface area contributed by atoms with Crippen LogP contribution in [0.2, 0.25) is 0 Å². The molecule has 136 valence electrons. The predicted octanol–water partition coefficient (Wildman–Crippen LogP) is 3.19. The molecule has 2 atom stereocenters. The van der Waals surface area contributed by atoms with Crippen LogP contribution in [0.4, 0.5) is 4.79 Å². The first-order valence-corrected chi connectivity index (χ1v) is 9.39. The van der Waals surface area contributed by atoms with Gasteiger partial charge in [-0.3, -0.25) is 4.90 Å². The molecule has 0 saturated carbocycles. The molecule has 3 rings (SSSR count). The molecule has 0 bridgehead atoms. The summed E-state index contributed by atoms with van der Waals surface area (Å²) in [5.74, 6) is 0.861. The standard InChI is InChI=1S/C20H29N3O2/c1-3-18(17-9-5-6-10-19(17)25-4-2)21-20(24)23-14-11-16(15-23)22-12-7-8-13-22/h5-10,16,18H,3-4,11-15H2,1-2H3,(H,21,24)/t16-,18-/m0/s1. The minimum atomic E-state index is -0.0252. The number of hydrogen-bond donors (Lipinski definition) is 1. The summed E-state index contributed by atoms with van der Waals surface area (Å²) in [6.45, 7) is 8.37. The van der Waals surface area contributed by atoms with E-state index in [1.54, 1.807) is 0 Å². The van der Waals surface area contributed by atoms with Gasteiger partial charge in [0.15, 0.2) is 0 Å². The van der Waals surface area contributed by atoms with E-state index in [2.05, 4.69) is 29.3 Å². The molecular formula is C20H29N3O2. The van der Waals surface area contributed by atoms with Crippen LogP contribution in [0.15, 0.2) is 36.4 Å². The fourth-order valence-electron chi connectivity index (χ4n) is 3.71. The summed E-state index contributed by atoms with van der Waals surface area (Å²) in [7, 11) is 0. The number of benzene rings is 1. The number of rotatable bonds is 6. The van der Waals surface area contributed by atoms with Crippen molar-refractivity contribution in [2.45, 2.75) is 38.8 Å². The summed E-state index contributed by atoms with van der Waals surface area (Å²) >= 11 is 0. The van der Waals surface area contributed by atoms with E-state index >= 15 is 0 Å². The van der Waals surface area contributed by atoms with Crippen molar-refractivity contribution < 1.29 is 9.53 Å². The van der Waals surface area contributed by atoms with E-state index in [4.69, 9.17) is 4.74 Å². The van der Waals surface area contributed by atoms with Crippen LogP contribution in [0.5, 0.6) is 5.75 Å². The summed E-state index contributed by atoms with van der Waals surface area (Å²) in [4.78, 5) is 17.2. The second kappa shape index (κ2) is 8.39. The number of carbonyl (C=O) groups excluding carboxylic acids is 1. The first kappa shape index (κ1) is 17.8.